The van der Waals surface area contributed by atoms with E-state index in [2.05, 4.69) is 0 Å². The fraction of sp³-hybridized carbons (Fsp3) is 0.833. The van der Waals surface area contributed by atoms with E-state index in [0.717, 1.165) is 5.75 Å². The highest BCUT2D eigenvalue weighted by Gasteiger charge is 2.67. The molecule has 0 aromatic carbocycles. The molecule has 0 bridgehead atoms. The lowest BCUT2D eigenvalue weighted by molar-refractivity contribution is -0.151. The van der Waals surface area contributed by atoms with E-state index in [1.165, 1.54) is 0 Å². The van der Waals surface area contributed by atoms with Gasteiger partial charge in [0.15, 0.2) is 5.11 Å². The van der Waals surface area contributed by atoms with Crippen molar-refractivity contribution in [3.05, 3.63) is 0 Å². The monoisotopic (exact) mass is 288 g/mol. The van der Waals surface area contributed by atoms with Crippen LogP contribution in [0.4, 0.5) is 0 Å². The molecule has 4 nitrogen and oxygen atoms in total. The zero-order chi connectivity index (χ0) is 13.7. The second-order valence-electron chi connectivity index (χ2n) is 5.28. The van der Waals surface area contributed by atoms with Gasteiger partial charge in [0.1, 0.15) is 11.0 Å². The molecule has 0 aromatic rings. The Morgan fingerprint density at radius 1 is 1.50 bits per heavy atom. The van der Waals surface area contributed by atoms with Crippen LogP contribution < -0.4 is 0 Å². The summed E-state index contributed by atoms with van der Waals surface area (Å²) in [5.74, 6) is 0.990. The number of hydrogen-bond donors (Lipinski definition) is 0. The Hall–Kier alpha value is -0.330. The van der Waals surface area contributed by atoms with Crippen LogP contribution in [0.2, 0.25) is 0 Å². The SMILES string of the molecule is CCO[C@H]1CS[C@@]12N(C)C(=S)N(C)C(=O)C2(C)C. The summed E-state index contributed by atoms with van der Waals surface area (Å²) in [5, 5.41) is 0.580. The number of ether oxygens (including phenoxy) is 1. The molecule has 2 aliphatic heterocycles. The molecule has 2 fully saturated rings. The first-order valence-electron chi connectivity index (χ1n) is 6.12. The number of thiocarbonyl (C=S) groups is 1. The number of likely N-dealkylation sites (N-methyl/N-ethyl adjacent to an activating group) is 1. The molecule has 0 N–H and O–H groups in total. The largest absolute Gasteiger partial charge is 0.374 e. The van der Waals surface area contributed by atoms with Crippen LogP contribution in [-0.4, -0.2) is 58.2 Å². The van der Waals surface area contributed by atoms with Crippen molar-refractivity contribution in [2.75, 3.05) is 26.5 Å². The van der Waals surface area contributed by atoms with Crippen LogP contribution in [0, 0.1) is 5.41 Å². The van der Waals surface area contributed by atoms with E-state index in [-0.39, 0.29) is 16.9 Å². The topological polar surface area (TPSA) is 32.8 Å². The Morgan fingerprint density at radius 2 is 2.11 bits per heavy atom. The van der Waals surface area contributed by atoms with Crippen LogP contribution in [0.5, 0.6) is 0 Å². The van der Waals surface area contributed by atoms with Gasteiger partial charge < -0.3 is 9.64 Å². The highest BCUT2D eigenvalue weighted by Crippen LogP contribution is 2.58. The van der Waals surface area contributed by atoms with Gasteiger partial charge in [0, 0.05) is 26.5 Å². The molecule has 2 aliphatic rings. The van der Waals surface area contributed by atoms with Crippen molar-refractivity contribution >= 4 is 35.0 Å². The smallest absolute Gasteiger partial charge is 0.237 e. The molecule has 1 amide bonds. The number of thioether (sulfide) groups is 1. The van der Waals surface area contributed by atoms with E-state index in [9.17, 15) is 4.79 Å². The molecule has 0 unspecified atom stereocenters. The first-order valence-corrected chi connectivity index (χ1v) is 7.51. The highest BCUT2D eigenvalue weighted by atomic mass is 32.2. The lowest BCUT2D eigenvalue weighted by Gasteiger charge is -2.64. The third-order valence-electron chi connectivity index (χ3n) is 4.07. The molecule has 0 aliphatic carbocycles. The zero-order valence-electron chi connectivity index (χ0n) is 11.5. The van der Waals surface area contributed by atoms with Crippen LogP contribution in [0.1, 0.15) is 20.8 Å². The van der Waals surface area contributed by atoms with Gasteiger partial charge in [0.25, 0.3) is 0 Å². The quantitative estimate of drug-likeness (QED) is 0.720. The normalized spacial score (nSPS) is 35.1. The average Bonchev–Trinajstić information content (AvgIpc) is 2.30. The van der Waals surface area contributed by atoms with Gasteiger partial charge in [0.05, 0.1) is 5.41 Å². The van der Waals surface area contributed by atoms with Crippen LogP contribution in [0.25, 0.3) is 0 Å². The number of amides is 1. The summed E-state index contributed by atoms with van der Waals surface area (Å²) in [6, 6.07) is 0. The molecule has 2 atom stereocenters. The first kappa shape index (κ1) is 14.1. The molecule has 102 valence electrons. The van der Waals surface area contributed by atoms with Gasteiger partial charge in [-0.1, -0.05) is 0 Å². The maximum atomic E-state index is 12.5. The summed E-state index contributed by atoms with van der Waals surface area (Å²) >= 11 is 7.15. The molecule has 0 saturated carbocycles. The molecule has 1 spiro atoms. The molecular weight excluding hydrogens is 268 g/mol. The Bertz CT molecular complexity index is 400. The average molecular weight is 288 g/mol. The fourth-order valence-corrected chi connectivity index (χ4v) is 4.81. The lowest BCUT2D eigenvalue weighted by atomic mass is 9.76. The van der Waals surface area contributed by atoms with Crippen LogP contribution in [0.3, 0.4) is 0 Å². The van der Waals surface area contributed by atoms with Crippen molar-refractivity contribution in [2.24, 2.45) is 5.41 Å². The van der Waals surface area contributed by atoms with E-state index < -0.39 is 5.41 Å². The molecular formula is C12H20N2O2S2. The van der Waals surface area contributed by atoms with Crippen molar-refractivity contribution in [1.82, 2.24) is 9.80 Å². The summed E-state index contributed by atoms with van der Waals surface area (Å²) in [7, 11) is 3.71. The summed E-state index contributed by atoms with van der Waals surface area (Å²) in [6.45, 7) is 6.62. The van der Waals surface area contributed by atoms with Crippen molar-refractivity contribution < 1.29 is 9.53 Å². The summed E-state index contributed by atoms with van der Waals surface area (Å²) in [4.78, 5) is 15.8. The summed E-state index contributed by atoms with van der Waals surface area (Å²) in [5.41, 5.74) is -0.512. The Morgan fingerprint density at radius 3 is 2.56 bits per heavy atom. The number of carbonyl (C=O) groups is 1. The van der Waals surface area contributed by atoms with Gasteiger partial charge >= 0.3 is 0 Å². The summed E-state index contributed by atoms with van der Waals surface area (Å²) in [6.07, 6.45) is 0.0584. The van der Waals surface area contributed by atoms with Crippen LogP contribution >= 0.6 is 24.0 Å². The molecule has 2 rings (SSSR count). The lowest BCUT2D eigenvalue weighted by Crippen LogP contribution is -2.77. The van der Waals surface area contributed by atoms with Gasteiger partial charge in [-0.3, -0.25) is 9.69 Å². The predicted octanol–water partition coefficient (Wildman–Crippen LogP) is 1.55. The number of rotatable bonds is 2. The Kier molecular flexibility index (Phi) is 3.41. The van der Waals surface area contributed by atoms with E-state index in [0.29, 0.717) is 11.7 Å². The minimum Gasteiger partial charge on any atom is -0.374 e. The summed E-state index contributed by atoms with van der Waals surface area (Å²) < 4.78 is 5.82. The van der Waals surface area contributed by atoms with E-state index >= 15 is 0 Å². The zero-order valence-corrected chi connectivity index (χ0v) is 13.2. The molecule has 18 heavy (non-hydrogen) atoms. The van der Waals surface area contributed by atoms with Crippen molar-refractivity contribution in [3.63, 3.8) is 0 Å². The van der Waals surface area contributed by atoms with E-state index in [1.54, 1.807) is 23.7 Å². The molecule has 2 saturated heterocycles. The Balaban J connectivity index is 2.44. The molecule has 2 heterocycles. The van der Waals surface area contributed by atoms with Gasteiger partial charge in [-0.15, -0.1) is 11.8 Å². The standard InChI is InChI=1S/C12H20N2O2S2/c1-6-16-8-7-18-12(8)11(2,3)9(15)13(4)10(17)14(12)5/h8H,6-7H2,1-5H3/t8-,12-/m0/s1. The van der Waals surface area contributed by atoms with Crippen molar-refractivity contribution in [3.8, 4) is 0 Å². The second kappa shape index (κ2) is 4.35. The van der Waals surface area contributed by atoms with Crippen molar-refractivity contribution in [2.45, 2.75) is 31.7 Å². The first-order chi connectivity index (χ1) is 8.30. The van der Waals surface area contributed by atoms with Gasteiger partial charge in [-0.2, -0.15) is 0 Å². The number of hydrogen-bond acceptors (Lipinski definition) is 4. The van der Waals surface area contributed by atoms with E-state index in [4.69, 9.17) is 17.0 Å². The minimum absolute atomic E-state index is 0.0584. The molecule has 6 heteroatoms. The van der Waals surface area contributed by atoms with E-state index in [1.807, 2.05) is 32.7 Å². The van der Waals surface area contributed by atoms with Gasteiger partial charge in [-0.05, 0) is 33.0 Å². The van der Waals surface area contributed by atoms with Gasteiger partial charge in [-0.25, -0.2) is 0 Å². The molecule has 0 aromatic heterocycles. The maximum Gasteiger partial charge on any atom is 0.237 e. The number of carbonyl (C=O) groups excluding carboxylic acids is 1. The second-order valence-corrected chi connectivity index (χ2v) is 6.89. The number of nitrogens with zero attached hydrogens (tertiary/aromatic N) is 2. The predicted molar refractivity (Wildman–Crippen MR) is 77.5 cm³/mol. The third kappa shape index (κ3) is 1.48. The van der Waals surface area contributed by atoms with Crippen LogP contribution in [0.15, 0.2) is 0 Å². The Labute approximate surface area is 118 Å². The third-order valence-corrected chi connectivity index (χ3v) is 6.57. The van der Waals surface area contributed by atoms with Crippen LogP contribution in [-0.2, 0) is 9.53 Å². The van der Waals surface area contributed by atoms with Gasteiger partial charge in [0.2, 0.25) is 5.91 Å². The fourth-order valence-electron chi connectivity index (χ4n) is 3.01. The van der Waals surface area contributed by atoms with Crippen molar-refractivity contribution in [1.29, 1.82) is 0 Å². The highest BCUT2D eigenvalue weighted by molar-refractivity contribution is 8.02. The maximum absolute atomic E-state index is 12.5. The minimum atomic E-state index is -0.512. The molecule has 0 radical (unpaired) electrons.